The predicted octanol–water partition coefficient (Wildman–Crippen LogP) is 3.22. The van der Waals surface area contributed by atoms with Crippen molar-refractivity contribution in [2.24, 2.45) is 5.73 Å². The molecule has 0 spiro atoms. The van der Waals surface area contributed by atoms with Crippen LogP contribution in [0.15, 0.2) is 12.7 Å². The van der Waals surface area contributed by atoms with Crippen molar-refractivity contribution in [3.63, 3.8) is 0 Å². The summed E-state index contributed by atoms with van der Waals surface area (Å²) in [5.74, 6) is -0.903. The van der Waals surface area contributed by atoms with Gasteiger partial charge in [-0.1, -0.05) is 25.8 Å². The average Bonchev–Trinajstić information content (AvgIpc) is 2.11. The van der Waals surface area contributed by atoms with E-state index in [0.717, 1.165) is 19.3 Å². The van der Waals surface area contributed by atoms with E-state index in [9.17, 15) is 4.79 Å². The summed E-state index contributed by atoms with van der Waals surface area (Å²) in [6.45, 7) is 11.3. The van der Waals surface area contributed by atoms with Crippen molar-refractivity contribution in [3.8, 4) is 0 Å². The van der Waals surface area contributed by atoms with Crippen LogP contribution in [0.4, 0.5) is 4.79 Å². The number of carbonyl (C=O) groups is 1. The Balaban J connectivity index is 0. The molecule has 1 amide bonds. The third-order valence-electron chi connectivity index (χ3n) is 1.54. The molecule has 0 bridgehead atoms. The monoisotopic (exact) mass is 231 g/mol. The number of unbranched alkanes of at least 4 members (excludes halogenated alkanes) is 2. The van der Waals surface area contributed by atoms with Crippen LogP contribution in [-0.4, -0.2) is 18.5 Å². The molecule has 0 saturated carbocycles. The molecule has 0 heterocycles. The molecular formula is C12H25NO3. The van der Waals surface area contributed by atoms with Gasteiger partial charge >= 0.3 is 6.09 Å². The van der Waals surface area contributed by atoms with Gasteiger partial charge in [-0.3, -0.25) is 0 Å². The number of primary amides is 1. The van der Waals surface area contributed by atoms with Crippen LogP contribution >= 0.6 is 0 Å². The maximum atomic E-state index is 10.4. The van der Waals surface area contributed by atoms with Gasteiger partial charge in [0.25, 0.3) is 0 Å². The molecule has 0 aromatic carbocycles. The minimum atomic E-state index is -0.903. The van der Waals surface area contributed by atoms with E-state index < -0.39 is 11.9 Å². The van der Waals surface area contributed by atoms with Gasteiger partial charge in [-0.05, 0) is 13.3 Å². The summed E-state index contributed by atoms with van der Waals surface area (Å²) < 4.78 is 10.1. The Morgan fingerprint density at radius 2 is 1.94 bits per heavy atom. The summed E-state index contributed by atoms with van der Waals surface area (Å²) in [4.78, 5) is 10.4. The zero-order valence-corrected chi connectivity index (χ0v) is 10.9. The summed E-state index contributed by atoms with van der Waals surface area (Å²) in [6, 6.07) is 0. The van der Waals surface area contributed by atoms with Crippen LogP contribution in [0.5, 0.6) is 0 Å². The molecule has 0 radical (unpaired) electrons. The first-order valence-electron chi connectivity index (χ1n) is 5.59. The van der Waals surface area contributed by atoms with Gasteiger partial charge in [0.05, 0.1) is 6.61 Å². The highest BCUT2D eigenvalue weighted by Gasteiger charge is 2.21. The van der Waals surface area contributed by atoms with Crippen LogP contribution in [0.1, 0.15) is 47.0 Å². The van der Waals surface area contributed by atoms with E-state index in [1.165, 1.54) is 0 Å². The normalized spacial score (nSPS) is 10.0. The first-order chi connectivity index (χ1) is 7.39. The molecule has 0 aliphatic heterocycles. The number of allylic oxidation sites excluding steroid dienone is 1. The Kier molecular flexibility index (Phi) is 11.4. The van der Waals surface area contributed by atoms with Crippen molar-refractivity contribution in [3.05, 3.63) is 12.7 Å². The summed E-state index contributed by atoms with van der Waals surface area (Å²) in [6.07, 6.45) is 4.18. The lowest BCUT2D eigenvalue weighted by molar-refractivity contribution is -0.175. The van der Waals surface area contributed by atoms with Crippen LogP contribution in [0.3, 0.4) is 0 Å². The highest BCUT2D eigenvalue weighted by atomic mass is 16.7. The molecule has 4 heteroatoms. The summed E-state index contributed by atoms with van der Waals surface area (Å²) in [5.41, 5.74) is 4.87. The van der Waals surface area contributed by atoms with Crippen molar-refractivity contribution in [1.29, 1.82) is 0 Å². The lowest BCUT2D eigenvalue weighted by atomic mass is 10.2. The van der Waals surface area contributed by atoms with Crippen LogP contribution in [0, 0.1) is 0 Å². The van der Waals surface area contributed by atoms with Crippen molar-refractivity contribution < 1.29 is 14.3 Å². The van der Waals surface area contributed by atoms with Crippen LogP contribution < -0.4 is 5.73 Å². The van der Waals surface area contributed by atoms with Gasteiger partial charge in [-0.15, -0.1) is 6.58 Å². The number of carbonyl (C=O) groups excluding carboxylic acids is 1. The number of rotatable bonds is 6. The van der Waals surface area contributed by atoms with Gasteiger partial charge in [0.15, 0.2) is 0 Å². The molecule has 0 fully saturated rings. The lowest BCUT2D eigenvalue weighted by Crippen LogP contribution is -2.34. The Hall–Kier alpha value is -1.03. The van der Waals surface area contributed by atoms with E-state index >= 15 is 0 Å². The number of hydrogen-bond donors (Lipinski definition) is 1. The molecule has 4 nitrogen and oxygen atoms in total. The molecule has 0 saturated heterocycles. The van der Waals surface area contributed by atoms with Gasteiger partial charge in [0, 0.05) is 13.8 Å². The molecule has 16 heavy (non-hydrogen) atoms. The maximum Gasteiger partial charge on any atom is 0.406 e. The Labute approximate surface area is 98.8 Å². The zero-order chi connectivity index (χ0) is 13.0. The van der Waals surface area contributed by atoms with Crippen molar-refractivity contribution in [2.45, 2.75) is 52.7 Å². The molecule has 0 aromatic heterocycles. The van der Waals surface area contributed by atoms with E-state index in [0.29, 0.717) is 6.61 Å². The van der Waals surface area contributed by atoms with Gasteiger partial charge < -0.3 is 15.2 Å². The SMILES string of the molecule is C=CC.CCCCCOC(C)(C)OC(N)=O. The van der Waals surface area contributed by atoms with Crippen LogP contribution in [0.2, 0.25) is 0 Å². The number of amides is 1. The second-order valence-electron chi connectivity index (χ2n) is 3.78. The van der Waals surface area contributed by atoms with E-state index in [-0.39, 0.29) is 0 Å². The highest BCUT2D eigenvalue weighted by Crippen LogP contribution is 2.11. The molecule has 2 N–H and O–H groups in total. The van der Waals surface area contributed by atoms with Crippen LogP contribution in [-0.2, 0) is 9.47 Å². The van der Waals surface area contributed by atoms with E-state index in [4.69, 9.17) is 15.2 Å². The van der Waals surface area contributed by atoms with Crippen molar-refractivity contribution >= 4 is 6.09 Å². The molecule has 0 aliphatic carbocycles. The van der Waals surface area contributed by atoms with E-state index in [2.05, 4.69) is 13.5 Å². The second kappa shape index (κ2) is 10.5. The third-order valence-corrected chi connectivity index (χ3v) is 1.54. The van der Waals surface area contributed by atoms with E-state index in [1.54, 1.807) is 19.9 Å². The molecule has 96 valence electrons. The Bertz CT molecular complexity index is 191. The van der Waals surface area contributed by atoms with Crippen molar-refractivity contribution in [1.82, 2.24) is 0 Å². The van der Waals surface area contributed by atoms with Crippen molar-refractivity contribution in [2.75, 3.05) is 6.61 Å². The average molecular weight is 231 g/mol. The largest absolute Gasteiger partial charge is 0.418 e. The van der Waals surface area contributed by atoms with Gasteiger partial charge in [-0.2, -0.15) is 0 Å². The smallest absolute Gasteiger partial charge is 0.406 e. The minimum absolute atomic E-state index is 0.591. The Morgan fingerprint density at radius 3 is 2.31 bits per heavy atom. The molecule has 0 rings (SSSR count). The number of hydrogen-bond acceptors (Lipinski definition) is 3. The number of nitrogens with two attached hydrogens (primary N) is 1. The highest BCUT2D eigenvalue weighted by molar-refractivity contribution is 5.64. The molecule has 0 unspecified atom stereocenters. The fourth-order valence-corrected chi connectivity index (χ4v) is 0.942. The number of ether oxygens (including phenoxy) is 2. The van der Waals surface area contributed by atoms with E-state index in [1.807, 2.05) is 6.92 Å². The quantitative estimate of drug-likeness (QED) is 0.433. The standard InChI is InChI=1S/C9H19NO3.C3H6/c1-4-5-6-7-12-9(2,3)13-8(10)11;1-3-2/h4-7H2,1-3H3,(H2,10,11);3H,1H2,2H3. The molecule has 0 aliphatic rings. The fourth-order valence-electron chi connectivity index (χ4n) is 0.942. The molecule has 0 atom stereocenters. The fraction of sp³-hybridized carbons (Fsp3) is 0.750. The maximum absolute atomic E-state index is 10.4. The molecular weight excluding hydrogens is 206 g/mol. The topological polar surface area (TPSA) is 61.6 Å². The van der Waals surface area contributed by atoms with Gasteiger partial charge in [-0.25, -0.2) is 4.79 Å². The first-order valence-corrected chi connectivity index (χ1v) is 5.59. The summed E-state index contributed by atoms with van der Waals surface area (Å²) in [5, 5.41) is 0. The minimum Gasteiger partial charge on any atom is -0.418 e. The predicted molar refractivity (Wildman–Crippen MR) is 66.1 cm³/mol. The summed E-state index contributed by atoms with van der Waals surface area (Å²) >= 11 is 0. The summed E-state index contributed by atoms with van der Waals surface area (Å²) in [7, 11) is 0. The second-order valence-corrected chi connectivity index (χ2v) is 3.78. The third kappa shape index (κ3) is 15.4. The van der Waals surface area contributed by atoms with Crippen LogP contribution in [0.25, 0.3) is 0 Å². The van der Waals surface area contributed by atoms with Gasteiger partial charge in [0.1, 0.15) is 0 Å². The first kappa shape index (κ1) is 17.4. The zero-order valence-electron chi connectivity index (χ0n) is 10.9. The molecule has 0 aromatic rings. The Morgan fingerprint density at radius 1 is 1.44 bits per heavy atom. The lowest BCUT2D eigenvalue weighted by Gasteiger charge is -2.24. The van der Waals surface area contributed by atoms with Gasteiger partial charge in [0.2, 0.25) is 5.79 Å².